The Morgan fingerprint density at radius 1 is 1.35 bits per heavy atom. The Hall–Kier alpha value is -1.72. The summed E-state index contributed by atoms with van der Waals surface area (Å²) in [6.07, 6.45) is 0.936. The second-order valence-corrected chi connectivity index (χ2v) is 7.55. The van der Waals surface area contributed by atoms with Gasteiger partial charge in [0.25, 0.3) is 5.56 Å². The van der Waals surface area contributed by atoms with Crippen molar-refractivity contribution >= 4 is 5.65 Å². The minimum atomic E-state index is -0.230. The van der Waals surface area contributed by atoms with Gasteiger partial charge in [0, 0.05) is 24.3 Å². The van der Waals surface area contributed by atoms with Crippen LogP contribution in [-0.2, 0) is 11.3 Å². The monoisotopic (exact) mass is 315 g/mol. The average Bonchev–Trinajstić information content (AvgIpc) is 2.63. The number of nitrogens with one attached hydrogen (secondary N) is 1. The number of ether oxygens (including phenoxy) is 1. The van der Waals surface area contributed by atoms with Crippen molar-refractivity contribution in [1.29, 1.82) is 0 Å². The molecule has 1 fully saturated rings. The number of hydrogen-bond donors (Lipinski definition) is 1. The van der Waals surface area contributed by atoms with E-state index >= 15 is 0 Å². The predicted molar refractivity (Wildman–Crippen MR) is 90.7 cm³/mol. The van der Waals surface area contributed by atoms with E-state index in [2.05, 4.69) is 38.0 Å². The number of hydrogen-bond acceptors (Lipinski definition) is 4. The minimum absolute atomic E-state index is 0.0350. The van der Waals surface area contributed by atoms with Crippen molar-refractivity contribution in [2.75, 3.05) is 0 Å². The molecule has 124 valence electrons. The van der Waals surface area contributed by atoms with Crippen LogP contribution in [0.1, 0.15) is 45.5 Å². The van der Waals surface area contributed by atoms with Gasteiger partial charge in [-0.2, -0.15) is 0 Å². The number of aryl methyl sites for hydroxylation is 1. The molecule has 2 aromatic heterocycles. The summed E-state index contributed by atoms with van der Waals surface area (Å²) in [4.78, 5) is 16.9. The van der Waals surface area contributed by atoms with E-state index in [1.165, 1.54) is 0 Å². The molecule has 5 heteroatoms. The van der Waals surface area contributed by atoms with E-state index in [0.29, 0.717) is 12.2 Å². The predicted octanol–water partition coefficient (Wildman–Crippen LogP) is 2.44. The lowest BCUT2D eigenvalue weighted by atomic mass is 9.94. The summed E-state index contributed by atoms with van der Waals surface area (Å²) < 4.78 is 7.73. The number of pyridine rings is 1. The second kappa shape index (κ2) is 5.42. The Kier molecular flexibility index (Phi) is 3.81. The van der Waals surface area contributed by atoms with Crippen LogP contribution >= 0.6 is 0 Å². The van der Waals surface area contributed by atoms with Crippen LogP contribution in [0.4, 0.5) is 0 Å². The normalized spacial score (nSPS) is 22.6. The molecule has 2 aromatic rings. The van der Waals surface area contributed by atoms with Gasteiger partial charge in [0.1, 0.15) is 5.65 Å². The number of nitrogens with zero attached hydrogens (tertiary/aromatic N) is 2. The summed E-state index contributed by atoms with van der Waals surface area (Å²) >= 11 is 0. The summed E-state index contributed by atoms with van der Waals surface area (Å²) in [6.45, 7) is 10.9. The first-order chi connectivity index (χ1) is 10.7. The maximum atomic E-state index is 12.3. The maximum Gasteiger partial charge on any atom is 0.258 e. The zero-order valence-electron chi connectivity index (χ0n) is 14.5. The summed E-state index contributed by atoms with van der Waals surface area (Å²) in [7, 11) is 0. The largest absolute Gasteiger partial charge is 0.368 e. The van der Waals surface area contributed by atoms with Gasteiger partial charge in [0.15, 0.2) is 0 Å². The number of rotatable bonds is 3. The zero-order valence-corrected chi connectivity index (χ0v) is 14.5. The van der Waals surface area contributed by atoms with Gasteiger partial charge >= 0.3 is 0 Å². The second-order valence-electron chi connectivity index (χ2n) is 7.55. The van der Waals surface area contributed by atoms with Crippen LogP contribution in [0.15, 0.2) is 29.1 Å². The Bertz CT molecular complexity index is 792. The third kappa shape index (κ3) is 3.16. The van der Waals surface area contributed by atoms with Gasteiger partial charge in [0.05, 0.1) is 16.9 Å². The lowest BCUT2D eigenvalue weighted by Crippen LogP contribution is -2.43. The molecule has 0 amide bonds. The van der Waals surface area contributed by atoms with Crippen LogP contribution in [0.2, 0.25) is 0 Å². The molecule has 0 unspecified atom stereocenters. The van der Waals surface area contributed by atoms with Crippen LogP contribution in [0.25, 0.3) is 5.65 Å². The zero-order chi connectivity index (χ0) is 16.8. The van der Waals surface area contributed by atoms with Gasteiger partial charge in [0.2, 0.25) is 0 Å². The van der Waals surface area contributed by atoms with Crippen molar-refractivity contribution in [3.63, 3.8) is 0 Å². The van der Waals surface area contributed by atoms with Crippen molar-refractivity contribution in [3.05, 3.63) is 46.0 Å². The Labute approximate surface area is 136 Å². The molecule has 3 heterocycles. The number of aromatic nitrogens is 2. The molecular formula is C18H25N3O2. The van der Waals surface area contributed by atoms with Crippen LogP contribution < -0.4 is 10.9 Å². The Morgan fingerprint density at radius 3 is 2.74 bits per heavy atom. The highest BCUT2D eigenvalue weighted by Gasteiger charge is 2.45. The van der Waals surface area contributed by atoms with Gasteiger partial charge < -0.3 is 10.1 Å². The fraction of sp³-hybridized carbons (Fsp3) is 0.556. The third-order valence-corrected chi connectivity index (χ3v) is 4.54. The smallest absolute Gasteiger partial charge is 0.258 e. The van der Waals surface area contributed by atoms with Crippen LogP contribution in [-0.4, -0.2) is 26.6 Å². The first-order valence-electron chi connectivity index (χ1n) is 8.10. The van der Waals surface area contributed by atoms with E-state index in [0.717, 1.165) is 17.8 Å². The summed E-state index contributed by atoms with van der Waals surface area (Å²) in [5, 5.41) is 3.51. The van der Waals surface area contributed by atoms with E-state index < -0.39 is 0 Å². The first-order valence-corrected chi connectivity index (χ1v) is 8.10. The quantitative estimate of drug-likeness (QED) is 0.945. The molecule has 3 rings (SSSR count). The molecule has 1 saturated heterocycles. The third-order valence-electron chi connectivity index (χ3n) is 4.54. The highest BCUT2D eigenvalue weighted by molar-refractivity contribution is 5.40. The Morgan fingerprint density at radius 2 is 2.09 bits per heavy atom. The number of fused-ring (bicyclic) bond motifs is 1. The topological polar surface area (TPSA) is 55.6 Å². The maximum absolute atomic E-state index is 12.3. The molecule has 0 saturated carbocycles. The lowest BCUT2D eigenvalue weighted by molar-refractivity contribution is -0.0699. The minimum Gasteiger partial charge on any atom is -0.368 e. The van der Waals surface area contributed by atoms with Crippen molar-refractivity contribution in [2.24, 2.45) is 0 Å². The van der Waals surface area contributed by atoms with E-state index in [4.69, 9.17) is 4.74 Å². The van der Waals surface area contributed by atoms with Crippen LogP contribution in [0.3, 0.4) is 0 Å². The van der Waals surface area contributed by atoms with Gasteiger partial charge in [-0.25, -0.2) is 4.98 Å². The highest BCUT2D eigenvalue weighted by Crippen LogP contribution is 2.37. The lowest BCUT2D eigenvalue weighted by Gasteiger charge is -2.27. The molecule has 1 aliphatic rings. The molecule has 1 aliphatic heterocycles. The van der Waals surface area contributed by atoms with Crippen molar-refractivity contribution < 1.29 is 4.74 Å². The van der Waals surface area contributed by atoms with Gasteiger partial charge in [-0.05, 0) is 53.2 Å². The fourth-order valence-corrected chi connectivity index (χ4v) is 3.56. The molecule has 23 heavy (non-hydrogen) atoms. The van der Waals surface area contributed by atoms with Gasteiger partial charge in [-0.3, -0.25) is 9.20 Å². The average molecular weight is 315 g/mol. The van der Waals surface area contributed by atoms with Crippen molar-refractivity contribution in [1.82, 2.24) is 14.7 Å². The highest BCUT2D eigenvalue weighted by atomic mass is 16.5. The molecule has 0 spiro atoms. The van der Waals surface area contributed by atoms with E-state index in [9.17, 15) is 4.79 Å². The summed E-state index contributed by atoms with van der Waals surface area (Å²) in [6, 6.07) is 7.54. The molecule has 1 N–H and O–H groups in total. The molecule has 0 aromatic carbocycles. The van der Waals surface area contributed by atoms with Crippen molar-refractivity contribution in [2.45, 2.75) is 64.8 Å². The molecule has 0 bridgehead atoms. The van der Waals surface area contributed by atoms with E-state index in [-0.39, 0.29) is 22.8 Å². The van der Waals surface area contributed by atoms with Gasteiger partial charge in [-0.1, -0.05) is 6.07 Å². The van der Waals surface area contributed by atoms with E-state index in [1.807, 2.05) is 25.1 Å². The SMILES string of the molecule is Cc1cccc2nc(CN[C@H]3CC(C)(C)OC3(C)C)cc(=O)n12. The molecule has 5 nitrogen and oxygen atoms in total. The standard InChI is InChI=1S/C18H25N3O2/c1-12-7-6-8-15-20-13(9-16(22)21(12)15)11-19-14-10-17(2,3)23-18(14,4)5/h6-9,14,19H,10-11H2,1-5H3/t14-/m0/s1. The van der Waals surface area contributed by atoms with Crippen molar-refractivity contribution in [3.8, 4) is 0 Å². The fourth-order valence-electron chi connectivity index (χ4n) is 3.56. The molecule has 0 radical (unpaired) electrons. The van der Waals surface area contributed by atoms with E-state index in [1.54, 1.807) is 10.5 Å². The molecule has 1 atom stereocenters. The van der Waals surface area contributed by atoms with Crippen LogP contribution in [0, 0.1) is 6.92 Å². The summed E-state index contributed by atoms with van der Waals surface area (Å²) in [5.41, 5.74) is 1.96. The molecular weight excluding hydrogens is 290 g/mol. The molecule has 0 aliphatic carbocycles. The Balaban J connectivity index is 1.82. The first kappa shape index (κ1) is 16.1. The van der Waals surface area contributed by atoms with Gasteiger partial charge in [-0.15, -0.1) is 0 Å². The van der Waals surface area contributed by atoms with Crippen LogP contribution in [0.5, 0.6) is 0 Å². The summed E-state index contributed by atoms with van der Waals surface area (Å²) in [5.74, 6) is 0.